The summed E-state index contributed by atoms with van der Waals surface area (Å²) in [5.41, 5.74) is 0.504. The molecule has 0 spiro atoms. The van der Waals surface area contributed by atoms with Gasteiger partial charge in [-0.3, -0.25) is 0 Å². The van der Waals surface area contributed by atoms with Crippen LogP contribution in [0.5, 0.6) is 0 Å². The summed E-state index contributed by atoms with van der Waals surface area (Å²) in [6.07, 6.45) is 2.74. The minimum absolute atomic E-state index is 0.315. The van der Waals surface area contributed by atoms with Gasteiger partial charge in [0.05, 0.1) is 16.7 Å². The number of benzene rings is 1. The quantitative estimate of drug-likeness (QED) is 0.470. The normalized spacial score (nSPS) is 10.8. The summed E-state index contributed by atoms with van der Waals surface area (Å²) < 4.78 is 4.73. The summed E-state index contributed by atoms with van der Waals surface area (Å²) in [6, 6.07) is 3.20. The van der Waals surface area contributed by atoms with Crippen molar-refractivity contribution in [2.45, 2.75) is 6.92 Å². The van der Waals surface area contributed by atoms with Gasteiger partial charge in [-0.1, -0.05) is 34.8 Å². The van der Waals surface area contributed by atoms with Crippen LogP contribution in [0.1, 0.15) is 12.5 Å². The van der Waals surface area contributed by atoms with Crippen LogP contribution in [-0.2, 0) is 9.53 Å². The van der Waals surface area contributed by atoms with Gasteiger partial charge in [0.1, 0.15) is 0 Å². The highest BCUT2D eigenvalue weighted by Crippen LogP contribution is 2.32. The second-order valence-electron chi connectivity index (χ2n) is 2.84. The van der Waals surface area contributed by atoms with Crippen LogP contribution < -0.4 is 0 Å². The maximum Gasteiger partial charge on any atom is 0.330 e. The van der Waals surface area contributed by atoms with E-state index in [9.17, 15) is 4.79 Å². The number of rotatable bonds is 3. The molecule has 0 fully saturated rings. The van der Waals surface area contributed by atoms with Crippen molar-refractivity contribution in [1.29, 1.82) is 0 Å². The highest BCUT2D eigenvalue weighted by molar-refractivity contribution is 6.44. The summed E-state index contributed by atoms with van der Waals surface area (Å²) in [5.74, 6) is -0.449. The van der Waals surface area contributed by atoms with E-state index in [2.05, 4.69) is 0 Å². The van der Waals surface area contributed by atoms with Crippen molar-refractivity contribution in [3.8, 4) is 0 Å². The number of hydrogen-bond acceptors (Lipinski definition) is 2. The third-order valence-electron chi connectivity index (χ3n) is 1.75. The maximum absolute atomic E-state index is 11.1. The molecule has 86 valence electrons. The summed E-state index contributed by atoms with van der Waals surface area (Å²) >= 11 is 17.7. The van der Waals surface area contributed by atoms with E-state index >= 15 is 0 Å². The van der Waals surface area contributed by atoms with Crippen molar-refractivity contribution >= 4 is 46.8 Å². The molecule has 0 saturated carbocycles. The van der Waals surface area contributed by atoms with Gasteiger partial charge in [-0.25, -0.2) is 4.79 Å². The van der Waals surface area contributed by atoms with E-state index in [0.29, 0.717) is 27.2 Å². The van der Waals surface area contributed by atoms with E-state index in [1.54, 1.807) is 19.1 Å². The van der Waals surface area contributed by atoms with Crippen LogP contribution >= 0.6 is 34.8 Å². The van der Waals surface area contributed by atoms with E-state index in [-0.39, 0.29) is 0 Å². The van der Waals surface area contributed by atoms with Crippen LogP contribution in [0.4, 0.5) is 0 Å². The highest BCUT2D eigenvalue weighted by atomic mass is 35.5. The molecular formula is C11H9Cl3O2. The fourth-order valence-corrected chi connectivity index (χ4v) is 1.70. The fraction of sp³-hybridized carbons (Fsp3) is 0.182. The van der Waals surface area contributed by atoms with Gasteiger partial charge in [0.25, 0.3) is 0 Å². The van der Waals surface area contributed by atoms with Crippen molar-refractivity contribution in [2.24, 2.45) is 0 Å². The summed E-state index contributed by atoms with van der Waals surface area (Å²) in [7, 11) is 0. The molecule has 1 aromatic carbocycles. The van der Waals surface area contributed by atoms with E-state index in [0.717, 1.165) is 0 Å². The Labute approximate surface area is 109 Å². The molecule has 0 unspecified atom stereocenters. The second kappa shape index (κ2) is 6.14. The zero-order chi connectivity index (χ0) is 12.1. The highest BCUT2D eigenvalue weighted by Gasteiger charge is 2.07. The first-order valence-corrected chi connectivity index (χ1v) is 5.68. The summed E-state index contributed by atoms with van der Waals surface area (Å²) in [6.45, 7) is 2.05. The zero-order valence-corrected chi connectivity index (χ0v) is 10.7. The van der Waals surface area contributed by atoms with Crippen molar-refractivity contribution in [2.75, 3.05) is 6.61 Å². The molecule has 5 heteroatoms. The lowest BCUT2D eigenvalue weighted by Gasteiger charge is -2.03. The second-order valence-corrected chi connectivity index (χ2v) is 4.03. The molecule has 0 heterocycles. The summed E-state index contributed by atoms with van der Waals surface area (Å²) in [5, 5.41) is 1.12. The van der Waals surface area contributed by atoms with Crippen molar-refractivity contribution in [3.63, 3.8) is 0 Å². The van der Waals surface area contributed by atoms with Crippen LogP contribution in [0.2, 0.25) is 15.1 Å². The lowest BCUT2D eigenvalue weighted by molar-refractivity contribution is -0.137. The Kier molecular flexibility index (Phi) is 5.13. The molecule has 0 aromatic heterocycles. The van der Waals surface area contributed by atoms with E-state index in [1.807, 2.05) is 0 Å². The van der Waals surface area contributed by atoms with Crippen LogP contribution in [-0.4, -0.2) is 12.6 Å². The van der Waals surface area contributed by atoms with Crippen LogP contribution in [0.25, 0.3) is 6.08 Å². The van der Waals surface area contributed by atoms with Gasteiger partial charge in [-0.15, -0.1) is 0 Å². The lowest BCUT2D eigenvalue weighted by Crippen LogP contribution is -1.98. The monoisotopic (exact) mass is 278 g/mol. The molecule has 0 saturated heterocycles. The van der Waals surface area contributed by atoms with Crippen LogP contribution in [0.3, 0.4) is 0 Å². The lowest BCUT2D eigenvalue weighted by atomic mass is 10.2. The fourth-order valence-electron chi connectivity index (χ4n) is 1.04. The molecule has 0 radical (unpaired) electrons. The first-order chi connectivity index (χ1) is 7.56. The van der Waals surface area contributed by atoms with E-state index in [1.165, 1.54) is 12.2 Å². The Bertz CT molecular complexity index is 427. The van der Waals surface area contributed by atoms with E-state index < -0.39 is 5.97 Å². The molecule has 0 amide bonds. The average molecular weight is 280 g/mol. The molecule has 1 rings (SSSR count). The molecule has 2 nitrogen and oxygen atoms in total. The predicted octanol–water partition coefficient (Wildman–Crippen LogP) is 4.22. The molecule has 1 aromatic rings. The maximum atomic E-state index is 11.1. The third-order valence-corrected chi connectivity index (χ3v) is 2.90. The number of carbonyl (C=O) groups is 1. The van der Waals surface area contributed by atoms with Crippen molar-refractivity contribution in [3.05, 3.63) is 38.8 Å². The minimum Gasteiger partial charge on any atom is -0.463 e. The first-order valence-electron chi connectivity index (χ1n) is 4.54. The number of ether oxygens (including phenoxy) is 1. The molecular weight excluding hydrogens is 270 g/mol. The Morgan fingerprint density at radius 2 is 1.94 bits per heavy atom. The van der Waals surface area contributed by atoms with E-state index in [4.69, 9.17) is 39.5 Å². The van der Waals surface area contributed by atoms with Gasteiger partial charge in [0.15, 0.2) is 0 Å². The predicted molar refractivity (Wildman–Crippen MR) is 67.1 cm³/mol. The number of halogens is 3. The SMILES string of the molecule is CCOC(=O)/C=C/c1c(Cl)ccc(Cl)c1Cl. The Hall–Kier alpha value is -0.700. The largest absolute Gasteiger partial charge is 0.463 e. The molecule has 0 atom stereocenters. The number of esters is 1. The van der Waals surface area contributed by atoms with Gasteiger partial charge in [-0.2, -0.15) is 0 Å². The third kappa shape index (κ3) is 3.41. The Morgan fingerprint density at radius 1 is 1.31 bits per heavy atom. The summed E-state index contributed by atoms with van der Waals surface area (Å²) in [4.78, 5) is 11.1. The molecule has 0 bridgehead atoms. The van der Waals surface area contributed by atoms with Crippen LogP contribution in [0, 0.1) is 0 Å². The first kappa shape index (κ1) is 13.4. The Balaban J connectivity index is 2.97. The van der Waals surface area contributed by atoms with Crippen LogP contribution in [0.15, 0.2) is 18.2 Å². The number of carbonyl (C=O) groups excluding carboxylic acids is 1. The molecule has 0 aliphatic rings. The van der Waals surface area contributed by atoms with Crippen molar-refractivity contribution < 1.29 is 9.53 Å². The zero-order valence-electron chi connectivity index (χ0n) is 8.47. The minimum atomic E-state index is -0.449. The number of hydrogen-bond donors (Lipinski definition) is 0. The average Bonchev–Trinajstić information content (AvgIpc) is 2.24. The standard InChI is InChI=1S/C11H9Cl3O2/c1-2-16-10(15)6-3-7-8(12)4-5-9(13)11(7)14/h3-6H,2H2,1H3/b6-3+. The smallest absolute Gasteiger partial charge is 0.330 e. The molecule has 0 N–H and O–H groups in total. The van der Waals surface area contributed by atoms with Crippen molar-refractivity contribution in [1.82, 2.24) is 0 Å². The molecule has 0 aliphatic heterocycles. The topological polar surface area (TPSA) is 26.3 Å². The van der Waals surface area contributed by atoms with Gasteiger partial charge >= 0.3 is 5.97 Å². The molecule has 16 heavy (non-hydrogen) atoms. The van der Waals surface area contributed by atoms with Gasteiger partial charge < -0.3 is 4.74 Å². The Morgan fingerprint density at radius 3 is 2.56 bits per heavy atom. The van der Waals surface area contributed by atoms with Gasteiger partial charge in [-0.05, 0) is 25.1 Å². The van der Waals surface area contributed by atoms with Gasteiger partial charge in [0, 0.05) is 16.7 Å². The molecule has 0 aliphatic carbocycles. The van der Waals surface area contributed by atoms with Gasteiger partial charge in [0.2, 0.25) is 0 Å².